The zero-order valence-electron chi connectivity index (χ0n) is 26.0. The first-order valence-electron chi connectivity index (χ1n) is 15.6. The lowest BCUT2D eigenvalue weighted by Gasteiger charge is -2.35. The summed E-state index contributed by atoms with van der Waals surface area (Å²) in [5, 5.41) is 31.1. The zero-order valence-corrected chi connectivity index (χ0v) is 26.0. The second kappa shape index (κ2) is 13.8. The Morgan fingerprint density at radius 2 is 1.69 bits per heavy atom. The molecule has 5 rings (SSSR count). The van der Waals surface area contributed by atoms with Crippen LogP contribution in [-0.2, 0) is 16.1 Å². The van der Waals surface area contributed by atoms with Gasteiger partial charge in [-0.05, 0) is 67.6 Å². The topological polar surface area (TPSA) is 125 Å². The predicted octanol–water partition coefficient (Wildman–Crippen LogP) is 5.64. The van der Waals surface area contributed by atoms with Crippen LogP contribution in [0.4, 0.5) is 10.1 Å². The molecule has 10 nitrogen and oxygen atoms in total. The second-order valence-corrected chi connectivity index (χ2v) is 12.0. The molecular weight excluding hydrogens is 581 g/mol. The summed E-state index contributed by atoms with van der Waals surface area (Å²) in [6.07, 6.45) is 3.51. The molecule has 242 valence electrons. The van der Waals surface area contributed by atoms with E-state index in [9.17, 15) is 29.3 Å². The maximum Gasteiger partial charge on any atom is 0.308 e. The van der Waals surface area contributed by atoms with Crippen molar-refractivity contribution in [2.24, 2.45) is 5.92 Å². The fourth-order valence-electron chi connectivity index (χ4n) is 6.93. The number of carboxylic acid groups (broad SMARTS) is 1. The Balaban J connectivity index is 1.50. The molecule has 11 heteroatoms. The molecule has 2 aliphatic heterocycles. The average molecular weight is 624 g/mol. The summed E-state index contributed by atoms with van der Waals surface area (Å²) >= 11 is 0. The Morgan fingerprint density at radius 1 is 1.00 bits per heavy atom. The molecule has 0 radical (unpaired) electrons. The molecule has 1 aromatic heterocycles. The fourth-order valence-corrected chi connectivity index (χ4v) is 6.93. The van der Waals surface area contributed by atoms with Crippen LogP contribution in [-0.4, -0.2) is 68.6 Å². The summed E-state index contributed by atoms with van der Waals surface area (Å²) in [6.45, 7) is 6.28. The van der Waals surface area contributed by atoms with Crippen LogP contribution in [0.5, 0.6) is 23.3 Å². The van der Waals surface area contributed by atoms with Gasteiger partial charge in [0.05, 0.1) is 12.5 Å². The van der Waals surface area contributed by atoms with Crippen molar-refractivity contribution in [3.8, 4) is 23.3 Å². The molecular formula is C34H42FN3O7. The van der Waals surface area contributed by atoms with E-state index >= 15 is 0 Å². The van der Waals surface area contributed by atoms with Gasteiger partial charge < -0.3 is 29.7 Å². The van der Waals surface area contributed by atoms with Crippen LogP contribution in [0.25, 0.3) is 0 Å². The number of amides is 1. The highest BCUT2D eigenvalue weighted by Crippen LogP contribution is 2.43. The van der Waals surface area contributed by atoms with Gasteiger partial charge in [0.25, 0.3) is 0 Å². The maximum absolute atomic E-state index is 14.4. The number of aryl methyl sites for hydroxylation is 1. The quantitative estimate of drug-likeness (QED) is 0.224. The van der Waals surface area contributed by atoms with E-state index < -0.39 is 23.8 Å². The number of halogens is 1. The summed E-state index contributed by atoms with van der Waals surface area (Å²) in [7, 11) is 0. The number of aromatic hydroxyl groups is 2. The number of ether oxygens (including phenoxy) is 2. The highest BCUT2D eigenvalue weighted by atomic mass is 19.1. The van der Waals surface area contributed by atoms with Crippen molar-refractivity contribution < 1.29 is 38.8 Å². The van der Waals surface area contributed by atoms with Gasteiger partial charge in [-0.1, -0.05) is 32.8 Å². The molecule has 0 bridgehead atoms. The van der Waals surface area contributed by atoms with E-state index in [-0.39, 0.29) is 55.8 Å². The standard InChI is InChI=1S/C34H42FN3O7/c1-4-6-23(7-5-2)38(24-9-10-26(35)21(3)16-24)32(41)19-36-18-25(22-8-11-28-29(17-22)45-20-44-28)33(34(42)43)27(36)14-15-37-30(39)12-13-31(37)40/h8-13,16-17,23,25,27,33,39-40H,4-7,14-15,18-20H2,1-3H3,(H,42,43). The van der Waals surface area contributed by atoms with Crippen molar-refractivity contribution >= 4 is 17.6 Å². The van der Waals surface area contributed by atoms with E-state index in [4.69, 9.17) is 9.47 Å². The van der Waals surface area contributed by atoms with Crippen LogP contribution >= 0.6 is 0 Å². The normalized spacial score (nSPS) is 19.4. The largest absolute Gasteiger partial charge is 0.494 e. The Morgan fingerprint density at radius 3 is 2.33 bits per heavy atom. The number of carbonyl (C=O) groups is 2. The summed E-state index contributed by atoms with van der Waals surface area (Å²) in [5.41, 5.74) is 1.82. The van der Waals surface area contributed by atoms with E-state index in [0.29, 0.717) is 29.3 Å². The van der Waals surface area contributed by atoms with Gasteiger partial charge >= 0.3 is 5.97 Å². The third-order valence-corrected chi connectivity index (χ3v) is 9.08. The molecule has 3 N–H and O–H groups in total. The number of hydrogen-bond acceptors (Lipinski definition) is 7. The Hall–Kier alpha value is -4.25. The molecule has 3 aromatic rings. The van der Waals surface area contributed by atoms with E-state index in [1.54, 1.807) is 36.1 Å². The molecule has 1 fully saturated rings. The Bertz CT molecular complexity index is 1500. The Kier molecular flexibility index (Phi) is 9.86. The van der Waals surface area contributed by atoms with Gasteiger partial charge in [0.1, 0.15) is 5.82 Å². The molecule has 2 aliphatic rings. The number of nitrogens with zero attached hydrogens (tertiary/aromatic N) is 3. The van der Waals surface area contributed by atoms with Gasteiger partial charge in [-0.15, -0.1) is 0 Å². The number of carbonyl (C=O) groups excluding carboxylic acids is 1. The van der Waals surface area contributed by atoms with Crippen LogP contribution in [0.1, 0.15) is 63.0 Å². The van der Waals surface area contributed by atoms with Gasteiger partial charge in [0.2, 0.25) is 12.7 Å². The second-order valence-electron chi connectivity index (χ2n) is 12.0. The molecule has 2 aromatic carbocycles. The molecule has 3 unspecified atom stereocenters. The molecule has 45 heavy (non-hydrogen) atoms. The first kappa shape index (κ1) is 32.2. The first-order valence-corrected chi connectivity index (χ1v) is 15.6. The lowest BCUT2D eigenvalue weighted by molar-refractivity contribution is -0.143. The Labute approximate surface area is 262 Å². The molecule has 0 spiro atoms. The highest BCUT2D eigenvalue weighted by Gasteiger charge is 2.47. The van der Waals surface area contributed by atoms with Crippen LogP contribution in [0.2, 0.25) is 0 Å². The number of hydrogen-bond donors (Lipinski definition) is 3. The number of carboxylic acids is 1. The molecule has 1 amide bonds. The number of benzene rings is 2. The number of anilines is 1. The lowest BCUT2D eigenvalue weighted by Crippen LogP contribution is -2.48. The summed E-state index contributed by atoms with van der Waals surface area (Å²) in [5.74, 6) is -2.02. The molecule has 3 atom stereocenters. The SMILES string of the molecule is CCCC(CCC)N(C(=O)CN1CC(c2ccc3c(c2)OCO3)C(C(=O)O)C1CCn1c(O)ccc1O)c1ccc(F)c(C)c1. The molecule has 0 aliphatic carbocycles. The lowest BCUT2D eigenvalue weighted by atomic mass is 9.84. The van der Waals surface area contributed by atoms with Gasteiger partial charge in [0.15, 0.2) is 23.3 Å². The van der Waals surface area contributed by atoms with Gasteiger partial charge in [0, 0.05) is 48.9 Å². The number of aromatic nitrogens is 1. The summed E-state index contributed by atoms with van der Waals surface area (Å²) < 4.78 is 26.6. The third-order valence-electron chi connectivity index (χ3n) is 9.08. The van der Waals surface area contributed by atoms with Crippen LogP contribution in [0.15, 0.2) is 48.5 Å². The number of rotatable bonds is 13. The minimum atomic E-state index is -1.00. The number of likely N-dealkylation sites (tertiary alicyclic amines) is 1. The number of fused-ring (bicyclic) bond motifs is 1. The van der Waals surface area contributed by atoms with Crippen LogP contribution in [0, 0.1) is 18.7 Å². The average Bonchev–Trinajstić information content (AvgIpc) is 3.71. The molecule has 3 heterocycles. The maximum atomic E-state index is 14.4. The summed E-state index contributed by atoms with van der Waals surface area (Å²) in [4.78, 5) is 31.0. The van der Waals surface area contributed by atoms with Gasteiger partial charge in [-0.25, -0.2) is 4.39 Å². The van der Waals surface area contributed by atoms with Gasteiger partial charge in [-0.2, -0.15) is 0 Å². The van der Waals surface area contributed by atoms with Crippen molar-refractivity contribution in [2.45, 2.75) is 77.4 Å². The molecule has 1 saturated heterocycles. The monoisotopic (exact) mass is 623 g/mol. The van der Waals surface area contributed by atoms with Crippen molar-refractivity contribution in [3.63, 3.8) is 0 Å². The smallest absolute Gasteiger partial charge is 0.308 e. The van der Waals surface area contributed by atoms with Crippen molar-refractivity contribution in [2.75, 3.05) is 24.8 Å². The summed E-state index contributed by atoms with van der Waals surface area (Å²) in [6, 6.07) is 12.2. The predicted molar refractivity (Wildman–Crippen MR) is 166 cm³/mol. The van der Waals surface area contributed by atoms with E-state index in [0.717, 1.165) is 31.2 Å². The first-order chi connectivity index (χ1) is 21.6. The number of aliphatic carboxylic acids is 1. The van der Waals surface area contributed by atoms with E-state index in [1.165, 1.54) is 22.8 Å². The van der Waals surface area contributed by atoms with Crippen molar-refractivity contribution in [1.29, 1.82) is 0 Å². The minimum Gasteiger partial charge on any atom is -0.494 e. The third kappa shape index (κ3) is 6.73. The minimum absolute atomic E-state index is 0.0561. The van der Waals surface area contributed by atoms with E-state index in [1.807, 2.05) is 11.0 Å². The highest BCUT2D eigenvalue weighted by molar-refractivity contribution is 5.95. The van der Waals surface area contributed by atoms with Crippen LogP contribution in [0.3, 0.4) is 0 Å². The van der Waals surface area contributed by atoms with E-state index in [2.05, 4.69) is 13.8 Å². The van der Waals surface area contributed by atoms with Gasteiger partial charge in [-0.3, -0.25) is 19.1 Å². The van der Waals surface area contributed by atoms with Crippen molar-refractivity contribution in [3.05, 3.63) is 65.5 Å². The fraction of sp³-hybridized carbons (Fsp3) is 0.471. The van der Waals surface area contributed by atoms with Crippen molar-refractivity contribution in [1.82, 2.24) is 9.47 Å². The zero-order chi connectivity index (χ0) is 32.2. The van der Waals surface area contributed by atoms with Crippen LogP contribution < -0.4 is 14.4 Å². The molecule has 0 saturated carbocycles.